The van der Waals surface area contributed by atoms with Gasteiger partial charge < -0.3 is 19.1 Å². The van der Waals surface area contributed by atoms with Crippen LogP contribution in [0.15, 0.2) is 40.8 Å². The fourth-order valence-electron chi connectivity index (χ4n) is 1.49. The molecule has 0 fully saturated rings. The van der Waals surface area contributed by atoms with Gasteiger partial charge in [-0.15, -0.1) is 0 Å². The molecule has 1 aromatic carbocycles. The second-order valence-corrected chi connectivity index (χ2v) is 3.61. The summed E-state index contributed by atoms with van der Waals surface area (Å²) in [6.07, 6.45) is 0. The fourth-order valence-corrected chi connectivity index (χ4v) is 1.49. The number of furan rings is 1. The first-order chi connectivity index (χ1) is 8.16. The lowest BCUT2D eigenvalue weighted by atomic mass is 10.3. The second-order valence-electron chi connectivity index (χ2n) is 3.61. The Morgan fingerprint density at radius 1 is 1.35 bits per heavy atom. The molecule has 0 amide bonds. The topological polar surface area (TPSA) is 62.5 Å². The third-order valence-corrected chi connectivity index (χ3v) is 2.28. The Labute approximate surface area is 98.4 Å². The number of aryl methyl sites for hydroxylation is 1. The molecule has 1 aromatic heterocycles. The van der Waals surface area contributed by atoms with Crippen molar-refractivity contribution in [3.63, 3.8) is 0 Å². The van der Waals surface area contributed by atoms with Crippen LogP contribution in [0, 0.1) is 6.92 Å². The number of aromatic carboxylic acids is 1. The van der Waals surface area contributed by atoms with E-state index in [-0.39, 0.29) is 12.4 Å². The molecule has 17 heavy (non-hydrogen) atoms. The molecule has 0 atom stereocenters. The predicted octanol–water partition coefficient (Wildman–Crippen LogP) is 1.53. The predicted molar refractivity (Wildman–Crippen MR) is 58.5 cm³/mol. The maximum Gasteiger partial charge on any atom is 0.152 e. The first-order valence-corrected chi connectivity index (χ1v) is 5.15. The molecule has 0 aliphatic carbocycles. The monoisotopic (exact) mass is 231 g/mol. The van der Waals surface area contributed by atoms with Gasteiger partial charge in [0.2, 0.25) is 0 Å². The highest BCUT2D eigenvalue weighted by Gasteiger charge is 2.08. The highest BCUT2D eigenvalue weighted by Crippen LogP contribution is 2.16. The Kier molecular flexibility index (Phi) is 3.14. The SMILES string of the molecule is Cc1cc(COc2ccccc2)oc1C(=O)[O-]. The standard InChI is InChI=1S/C13H12O4/c1-9-7-11(17-12(9)13(14)15)8-16-10-5-3-2-4-6-10/h2-7H,8H2,1H3,(H,14,15)/p-1. The van der Waals surface area contributed by atoms with Crippen LogP contribution < -0.4 is 9.84 Å². The largest absolute Gasteiger partial charge is 0.542 e. The Bertz CT molecular complexity index is 513. The highest BCUT2D eigenvalue weighted by molar-refractivity contribution is 5.84. The zero-order valence-electron chi connectivity index (χ0n) is 9.30. The number of rotatable bonds is 4. The van der Waals surface area contributed by atoms with Crippen LogP contribution in [-0.2, 0) is 6.61 Å². The summed E-state index contributed by atoms with van der Waals surface area (Å²) in [4.78, 5) is 10.7. The average molecular weight is 231 g/mol. The van der Waals surface area contributed by atoms with Gasteiger partial charge in [0.25, 0.3) is 0 Å². The van der Waals surface area contributed by atoms with Gasteiger partial charge in [-0.1, -0.05) is 18.2 Å². The van der Waals surface area contributed by atoms with Crippen LogP contribution in [0.5, 0.6) is 5.75 Å². The van der Waals surface area contributed by atoms with Crippen molar-refractivity contribution in [2.45, 2.75) is 13.5 Å². The normalized spacial score (nSPS) is 10.2. The third-order valence-electron chi connectivity index (χ3n) is 2.28. The molecule has 88 valence electrons. The molecular weight excluding hydrogens is 220 g/mol. The van der Waals surface area contributed by atoms with Crippen LogP contribution in [0.25, 0.3) is 0 Å². The van der Waals surface area contributed by atoms with Crippen LogP contribution in [0.2, 0.25) is 0 Å². The van der Waals surface area contributed by atoms with Crippen LogP contribution in [-0.4, -0.2) is 5.97 Å². The minimum absolute atomic E-state index is 0.142. The summed E-state index contributed by atoms with van der Waals surface area (Å²) in [6.45, 7) is 1.85. The Balaban J connectivity index is 2.05. The molecule has 0 spiro atoms. The van der Waals surface area contributed by atoms with Gasteiger partial charge in [0.1, 0.15) is 24.1 Å². The maximum atomic E-state index is 10.7. The van der Waals surface area contributed by atoms with Crippen LogP contribution >= 0.6 is 0 Å². The van der Waals surface area contributed by atoms with Gasteiger partial charge in [0.05, 0.1) is 0 Å². The van der Waals surface area contributed by atoms with Crippen molar-refractivity contribution in [2.24, 2.45) is 0 Å². The molecule has 0 bridgehead atoms. The third kappa shape index (κ3) is 2.66. The molecule has 0 saturated carbocycles. The molecular formula is C13H11O4-. The van der Waals surface area contributed by atoms with Crippen molar-refractivity contribution in [1.82, 2.24) is 0 Å². The quantitative estimate of drug-likeness (QED) is 0.800. The van der Waals surface area contributed by atoms with E-state index in [2.05, 4.69) is 0 Å². The zero-order valence-corrected chi connectivity index (χ0v) is 9.30. The van der Waals surface area contributed by atoms with Gasteiger partial charge >= 0.3 is 0 Å². The minimum Gasteiger partial charge on any atom is -0.542 e. The Morgan fingerprint density at radius 2 is 2.06 bits per heavy atom. The van der Waals surface area contributed by atoms with Gasteiger partial charge in [-0.2, -0.15) is 0 Å². The smallest absolute Gasteiger partial charge is 0.152 e. The van der Waals surface area contributed by atoms with Crippen molar-refractivity contribution in [2.75, 3.05) is 0 Å². The van der Waals surface area contributed by atoms with Crippen molar-refractivity contribution >= 4 is 5.97 Å². The molecule has 0 N–H and O–H groups in total. The average Bonchev–Trinajstić information content (AvgIpc) is 2.69. The van der Waals surface area contributed by atoms with Gasteiger partial charge in [0.15, 0.2) is 5.76 Å². The fraction of sp³-hybridized carbons (Fsp3) is 0.154. The van der Waals surface area contributed by atoms with Crippen LogP contribution in [0.3, 0.4) is 0 Å². The number of carbonyl (C=O) groups is 1. The number of carboxylic acid groups (broad SMARTS) is 1. The van der Waals surface area contributed by atoms with Gasteiger partial charge in [-0.05, 0) is 30.7 Å². The van der Waals surface area contributed by atoms with E-state index in [0.29, 0.717) is 17.1 Å². The zero-order chi connectivity index (χ0) is 12.3. The van der Waals surface area contributed by atoms with E-state index in [4.69, 9.17) is 9.15 Å². The number of carbonyl (C=O) groups excluding carboxylic acids is 1. The summed E-state index contributed by atoms with van der Waals surface area (Å²) in [5.74, 6) is -0.285. The van der Waals surface area contributed by atoms with Crippen molar-refractivity contribution in [1.29, 1.82) is 0 Å². The summed E-state index contributed by atoms with van der Waals surface area (Å²) in [5, 5.41) is 10.7. The summed E-state index contributed by atoms with van der Waals surface area (Å²) >= 11 is 0. The van der Waals surface area contributed by atoms with E-state index in [9.17, 15) is 9.90 Å². The first kappa shape index (κ1) is 11.3. The Morgan fingerprint density at radius 3 is 2.65 bits per heavy atom. The number of carboxylic acids is 1. The summed E-state index contributed by atoms with van der Waals surface area (Å²) in [7, 11) is 0. The van der Waals surface area contributed by atoms with Gasteiger partial charge in [0, 0.05) is 0 Å². The molecule has 4 heteroatoms. The van der Waals surface area contributed by atoms with E-state index >= 15 is 0 Å². The lowest BCUT2D eigenvalue weighted by molar-refractivity contribution is -0.257. The highest BCUT2D eigenvalue weighted by atomic mass is 16.5. The van der Waals surface area contributed by atoms with E-state index in [1.807, 2.05) is 30.3 Å². The number of hydrogen-bond donors (Lipinski definition) is 0. The second kappa shape index (κ2) is 4.74. The molecule has 0 aliphatic heterocycles. The first-order valence-electron chi connectivity index (χ1n) is 5.15. The van der Waals surface area contributed by atoms with E-state index in [1.54, 1.807) is 13.0 Å². The van der Waals surface area contributed by atoms with Crippen molar-refractivity contribution < 1.29 is 19.1 Å². The molecule has 0 saturated heterocycles. The van der Waals surface area contributed by atoms with E-state index in [0.717, 1.165) is 0 Å². The molecule has 2 aromatic rings. The minimum atomic E-state index is -1.31. The molecule has 0 aliphatic rings. The number of para-hydroxylation sites is 1. The van der Waals surface area contributed by atoms with Gasteiger partial charge in [-0.25, -0.2) is 0 Å². The molecule has 2 rings (SSSR count). The number of benzene rings is 1. The molecule has 1 heterocycles. The van der Waals surface area contributed by atoms with Gasteiger partial charge in [-0.3, -0.25) is 0 Å². The lowest BCUT2D eigenvalue weighted by Crippen LogP contribution is -2.22. The van der Waals surface area contributed by atoms with E-state index < -0.39 is 5.97 Å². The molecule has 0 unspecified atom stereocenters. The van der Waals surface area contributed by atoms with Crippen LogP contribution in [0.4, 0.5) is 0 Å². The van der Waals surface area contributed by atoms with Crippen LogP contribution in [0.1, 0.15) is 21.9 Å². The maximum absolute atomic E-state index is 10.7. The Hall–Kier alpha value is -2.23. The summed E-state index contributed by atoms with van der Waals surface area (Å²) < 4.78 is 10.5. The molecule has 4 nitrogen and oxygen atoms in total. The number of ether oxygens (including phenoxy) is 1. The van der Waals surface area contributed by atoms with Crippen molar-refractivity contribution in [3.05, 3.63) is 53.5 Å². The lowest BCUT2D eigenvalue weighted by Gasteiger charge is -2.03. The summed E-state index contributed by atoms with van der Waals surface area (Å²) in [5.41, 5.74) is 0.539. The number of hydrogen-bond acceptors (Lipinski definition) is 4. The van der Waals surface area contributed by atoms with E-state index in [1.165, 1.54) is 0 Å². The van der Waals surface area contributed by atoms with Crippen molar-refractivity contribution in [3.8, 4) is 5.75 Å². The molecule has 0 radical (unpaired) electrons. The summed E-state index contributed by atoms with van der Waals surface area (Å²) in [6, 6.07) is 10.9.